The van der Waals surface area contributed by atoms with E-state index in [2.05, 4.69) is 39.8 Å². The normalized spacial score (nSPS) is 27.1. The number of allylic oxidation sites excluding steroid dienone is 2. The quantitative estimate of drug-likeness (QED) is 0.0424. The number of unbranched alkanes of at least 4 members (excludes halogenated alkanes) is 4. The molecule has 2 aromatic rings. The Morgan fingerprint density at radius 1 is 0.597 bits per heavy atom. The molecule has 4 aliphatic rings. The van der Waals surface area contributed by atoms with E-state index in [1.807, 2.05) is 19.1 Å². The molecule has 72 heavy (non-hydrogen) atoms. The van der Waals surface area contributed by atoms with Crippen LogP contribution < -0.4 is 0 Å². The van der Waals surface area contributed by atoms with Gasteiger partial charge in [-0.25, -0.2) is 8.78 Å². The number of hydrogen-bond donors (Lipinski definition) is 1. The number of carbonyl (C=O) groups excluding carboxylic acids is 4. The van der Waals surface area contributed by atoms with Gasteiger partial charge in [0.1, 0.15) is 23.8 Å². The number of esters is 4. The number of aliphatic hydroxyl groups is 1. The lowest BCUT2D eigenvalue weighted by Gasteiger charge is -2.40. The molecular weight excluding hydrogens is 915 g/mol. The van der Waals surface area contributed by atoms with Gasteiger partial charge in [0.2, 0.25) is 0 Å². The number of benzene rings is 2. The Morgan fingerprint density at radius 2 is 1.03 bits per heavy atom. The van der Waals surface area contributed by atoms with Crippen LogP contribution in [0.3, 0.4) is 0 Å². The van der Waals surface area contributed by atoms with Crippen LogP contribution in [0.2, 0.25) is 0 Å². The highest BCUT2D eigenvalue weighted by Gasteiger charge is 2.54. The topological polar surface area (TPSA) is 125 Å². The fraction of sp³-hybridized carbons (Fsp3) is 0.672. The van der Waals surface area contributed by atoms with Crippen molar-refractivity contribution in [3.63, 3.8) is 0 Å². The molecule has 10 unspecified atom stereocenters. The summed E-state index contributed by atoms with van der Waals surface area (Å²) in [6.07, 6.45) is 24.1. The maximum Gasteiger partial charge on any atom is 0.309 e. The van der Waals surface area contributed by atoms with E-state index in [0.29, 0.717) is 37.0 Å². The van der Waals surface area contributed by atoms with Crippen LogP contribution in [0.25, 0.3) is 0 Å². The van der Waals surface area contributed by atoms with E-state index >= 15 is 0 Å². The zero-order valence-corrected chi connectivity index (χ0v) is 44.6. The minimum atomic E-state index is -0.720. The van der Waals surface area contributed by atoms with Crippen LogP contribution in [0.4, 0.5) is 8.78 Å². The minimum Gasteiger partial charge on any atom is -0.469 e. The van der Waals surface area contributed by atoms with E-state index in [4.69, 9.17) is 18.9 Å². The molecule has 2 aromatic carbocycles. The van der Waals surface area contributed by atoms with Crippen LogP contribution >= 0.6 is 0 Å². The highest BCUT2D eigenvalue weighted by atomic mass is 19.1. The van der Waals surface area contributed by atoms with Crippen LogP contribution in [-0.4, -0.2) is 61.5 Å². The summed E-state index contributed by atoms with van der Waals surface area (Å²) in [5.74, 6) is -0.956. The molecule has 0 aromatic heterocycles. The highest BCUT2D eigenvalue weighted by molar-refractivity contribution is 5.76. The van der Waals surface area contributed by atoms with Crippen molar-refractivity contribution < 1.29 is 52.0 Å². The van der Waals surface area contributed by atoms with Crippen LogP contribution in [0, 0.1) is 64.9 Å². The van der Waals surface area contributed by atoms with Gasteiger partial charge in [-0.2, -0.15) is 0 Å². The van der Waals surface area contributed by atoms with Gasteiger partial charge in [0.25, 0.3) is 0 Å². The molecule has 0 spiro atoms. The third-order valence-corrected chi connectivity index (χ3v) is 16.8. The van der Waals surface area contributed by atoms with E-state index in [1.54, 1.807) is 24.3 Å². The molecule has 400 valence electrons. The molecule has 9 nitrogen and oxygen atoms in total. The Hall–Kier alpha value is -4.38. The third-order valence-electron chi connectivity index (χ3n) is 16.8. The van der Waals surface area contributed by atoms with Crippen molar-refractivity contribution >= 4 is 23.9 Å². The first kappa shape index (κ1) is 58.5. The van der Waals surface area contributed by atoms with Crippen LogP contribution in [-0.2, 0) is 38.1 Å². The Bertz CT molecular complexity index is 2020. The number of carbonyl (C=O) groups is 4. The lowest BCUT2D eigenvalue weighted by molar-refractivity contribution is -0.160. The SMILES string of the molecule is CC/C=C\C[C@H](O)[C@@H](CCCCC)OC(=O)CC1C2CCC1C(C(=O)OC)C(c1ccc(F)cc1)C2.CC/C=C\C[C@H](OC(=O)CC1C2CCC1C(C(=O)OC)C(c1ccc(F)cc1)C2)[C@@H](C)CCCCC. The predicted molar refractivity (Wildman–Crippen MR) is 278 cm³/mol. The first-order valence-electron chi connectivity index (χ1n) is 27.8. The number of rotatable bonds is 26. The van der Waals surface area contributed by atoms with Crippen molar-refractivity contribution in [1.29, 1.82) is 0 Å². The second-order valence-corrected chi connectivity index (χ2v) is 21.4. The molecule has 1 N–H and O–H groups in total. The molecule has 0 aliphatic heterocycles. The summed E-state index contributed by atoms with van der Waals surface area (Å²) >= 11 is 0. The number of fused-ring (bicyclic) bond motifs is 4. The maximum absolute atomic E-state index is 13.5. The molecule has 11 heteroatoms. The average Bonchev–Trinajstić information content (AvgIpc) is 3.78. The fourth-order valence-corrected chi connectivity index (χ4v) is 13.1. The first-order chi connectivity index (χ1) is 34.8. The minimum absolute atomic E-state index is 0.00617. The Kier molecular flexibility index (Phi) is 24.5. The second kappa shape index (κ2) is 30.1. The first-order valence-corrected chi connectivity index (χ1v) is 27.8. The molecule has 0 saturated heterocycles. The molecule has 14 atom stereocenters. The Labute approximate surface area is 430 Å². The zero-order valence-electron chi connectivity index (χ0n) is 44.6. The molecule has 4 bridgehead atoms. The number of methoxy groups -OCH3 is 2. The van der Waals surface area contributed by atoms with Gasteiger partial charge in [-0.1, -0.05) is 115 Å². The lowest BCUT2D eigenvalue weighted by atomic mass is 9.63. The van der Waals surface area contributed by atoms with Crippen molar-refractivity contribution in [2.24, 2.45) is 53.3 Å². The molecule has 4 aliphatic carbocycles. The maximum atomic E-state index is 13.5. The molecule has 0 radical (unpaired) electrons. The van der Waals surface area contributed by atoms with Gasteiger partial charge in [-0.3, -0.25) is 19.2 Å². The average molecular weight is 1000 g/mol. The van der Waals surface area contributed by atoms with Gasteiger partial charge in [-0.15, -0.1) is 0 Å². The molecule has 4 saturated carbocycles. The summed E-state index contributed by atoms with van der Waals surface area (Å²) < 4.78 is 49.5. The van der Waals surface area contributed by atoms with E-state index in [0.717, 1.165) is 101 Å². The fourth-order valence-electron chi connectivity index (χ4n) is 13.1. The van der Waals surface area contributed by atoms with E-state index in [-0.39, 0.29) is 95.4 Å². The molecule has 0 heterocycles. The van der Waals surface area contributed by atoms with Crippen LogP contribution in [0.1, 0.15) is 186 Å². The summed E-state index contributed by atoms with van der Waals surface area (Å²) in [7, 11) is 2.84. The summed E-state index contributed by atoms with van der Waals surface area (Å²) in [6.45, 7) is 10.7. The molecular formula is C61H88F2O9. The summed E-state index contributed by atoms with van der Waals surface area (Å²) in [5.41, 5.74) is 1.93. The smallest absolute Gasteiger partial charge is 0.309 e. The van der Waals surface area contributed by atoms with Crippen molar-refractivity contribution in [3.8, 4) is 0 Å². The van der Waals surface area contributed by atoms with Crippen LogP contribution in [0.5, 0.6) is 0 Å². The highest BCUT2D eigenvalue weighted by Crippen LogP contribution is 2.58. The Morgan fingerprint density at radius 3 is 1.46 bits per heavy atom. The molecule has 6 rings (SSSR count). The van der Waals surface area contributed by atoms with Crippen molar-refractivity contribution in [2.45, 2.75) is 193 Å². The van der Waals surface area contributed by atoms with Gasteiger partial charge in [-0.05, 0) is 166 Å². The number of aliphatic hydroxyl groups excluding tert-OH is 1. The predicted octanol–water partition coefficient (Wildman–Crippen LogP) is 14.0. The molecule has 0 amide bonds. The summed E-state index contributed by atoms with van der Waals surface area (Å²) in [6, 6.07) is 12.9. The van der Waals surface area contributed by atoms with E-state index < -0.39 is 12.2 Å². The summed E-state index contributed by atoms with van der Waals surface area (Å²) in [4.78, 5) is 52.3. The second-order valence-electron chi connectivity index (χ2n) is 21.4. The lowest BCUT2D eigenvalue weighted by Crippen LogP contribution is -2.40. The number of halogens is 2. The van der Waals surface area contributed by atoms with Gasteiger partial charge >= 0.3 is 23.9 Å². The van der Waals surface area contributed by atoms with Crippen molar-refractivity contribution in [2.75, 3.05) is 14.2 Å². The monoisotopic (exact) mass is 1000 g/mol. The van der Waals surface area contributed by atoms with E-state index in [1.165, 1.54) is 51.3 Å². The van der Waals surface area contributed by atoms with Gasteiger partial charge in [0.05, 0.1) is 32.2 Å². The van der Waals surface area contributed by atoms with Crippen molar-refractivity contribution in [1.82, 2.24) is 0 Å². The zero-order chi connectivity index (χ0) is 52.2. The third kappa shape index (κ3) is 16.3. The van der Waals surface area contributed by atoms with Gasteiger partial charge in [0, 0.05) is 19.3 Å². The van der Waals surface area contributed by atoms with Gasteiger partial charge in [0.15, 0.2) is 0 Å². The number of ether oxygens (including phenoxy) is 4. The molecule has 4 fully saturated rings. The van der Waals surface area contributed by atoms with Crippen LogP contribution in [0.15, 0.2) is 72.8 Å². The summed E-state index contributed by atoms with van der Waals surface area (Å²) in [5, 5.41) is 10.7. The standard InChI is InChI=1S/C31H45FO4.C30H43FO5/c1-5-7-9-11-21(3)28(12-10-8-6-2)36-29(33)20-26-23-15-18-25(26)30(31(34)35-4)27(19-23)22-13-16-24(32)17-14-22;1-4-6-8-10-26(32)27(11-9-7-5-2)36-28(33)19-24-21-14-17-23(24)29(30(34)35-3)25(18-21)20-12-15-22(31)16-13-20/h8,10,13-14,16-17,21,23,25-28,30H,5-7,9,11-12,15,18-20H2,1-4H3;6,8,12-13,15-16,21,23-27,29,32H,4-5,7,9-11,14,17-19H2,1-3H3/b10-8-;8-6-/t21-,23?,25?,26?,27?,28-,30?;21?,23?,24?,25?,26-,27+,29?/m00/s1. The van der Waals surface area contributed by atoms with E-state index in [9.17, 15) is 33.1 Å². The van der Waals surface area contributed by atoms with Crippen molar-refractivity contribution in [3.05, 3.63) is 95.6 Å². The Balaban J connectivity index is 0.000000267. The van der Waals surface area contributed by atoms with Gasteiger partial charge < -0.3 is 24.1 Å². The number of hydrogen-bond acceptors (Lipinski definition) is 9. The largest absolute Gasteiger partial charge is 0.469 e.